The van der Waals surface area contributed by atoms with Gasteiger partial charge in [0.05, 0.1) is 6.61 Å². The summed E-state index contributed by atoms with van der Waals surface area (Å²) in [7, 11) is 0. The van der Waals surface area contributed by atoms with Gasteiger partial charge in [-0.05, 0) is 19.3 Å². The first-order valence-electron chi connectivity index (χ1n) is 5.93. The number of ether oxygens (including phenoxy) is 1. The summed E-state index contributed by atoms with van der Waals surface area (Å²) in [5.41, 5.74) is 0. The molecule has 0 aliphatic heterocycles. The molecule has 0 fully saturated rings. The van der Waals surface area contributed by atoms with Crippen molar-refractivity contribution in [2.45, 2.75) is 33.2 Å². The van der Waals surface area contributed by atoms with Crippen LogP contribution in [0.1, 0.15) is 27.2 Å². The summed E-state index contributed by atoms with van der Waals surface area (Å²) in [4.78, 5) is 8.17. The summed E-state index contributed by atoms with van der Waals surface area (Å²) < 4.78 is 5.32. The van der Waals surface area contributed by atoms with Crippen LogP contribution in [0.15, 0.2) is 12.4 Å². The molecule has 1 heterocycles. The Kier molecular flexibility index (Phi) is 6.05. The van der Waals surface area contributed by atoms with Crippen molar-refractivity contribution in [3.63, 3.8) is 0 Å². The number of alkyl halides is 1. The Morgan fingerprint density at radius 1 is 1.41 bits per heavy atom. The van der Waals surface area contributed by atoms with Gasteiger partial charge in [-0.1, -0.05) is 13.8 Å². The SMILES string of the molecule is CCOc1cc(NC(CCl)CC(C)C)ncn1. The third-order valence-corrected chi connectivity index (χ3v) is 2.60. The number of hydrogen-bond acceptors (Lipinski definition) is 4. The standard InChI is InChI=1S/C12H20ClN3O/c1-4-17-12-6-11(14-8-15-12)16-10(7-13)5-9(2)3/h6,8-10H,4-5,7H2,1-3H3,(H,14,15,16). The average Bonchev–Trinajstić information content (AvgIpc) is 2.28. The van der Waals surface area contributed by atoms with E-state index in [0.29, 0.717) is 24.3 Å². The lowest BCUT2D eigenvalue weighted by Crippen LogP contribution is -2.24. The fourth-order valence-electron chi connectivity index (χ4n) is 1.58. The molecular formula is C12H20ClN3O. The number of aromatic nitrogens is 2. The topological polar surface area (TPSA) is 47.0 Å². The molecule has 17 heavy (non-hydrogen) atoms. The van der Waals surface area contributed by atoms with Crippen LogP contribution in [0.3, 0.4) is 0 Å². The van der Waals surface area contributed by atoms with E-state index in [9.17, 15) is 0 Å². The third-order valence-electron chi connectivity index (χ3n) is 2.23. The molecule has 0 aliphatic carbocycles. The minimum absolute atomic E-state index is 0.223. The third kappa shape index (κ3) is 5.22. The molecule has 0 spiro atoms. The second-order valence-corrected chi connectivity index (χ2v) is 4.61. The summed E-state index contributed by atoms with van der Waals surface area (Å²) in [5, 5.41) is 3.30. The van der Waals surface area contributed by atoms with Crippen molar-refractivity contribution in [3.8, 4) is 5.88 Å². The van der Waals surface area contributed by atoms with Crippen LogP contribution in [-0.2, 0) is 0 Å². The van der Waals surface area contributed by atoms with E-state index in [1.54, 1.807) is 6.07 Å². The predicted molar refractivity (Wildman–Crippen MR) is 70.8 cm³/mol. The van der Waals surface area contributed by atoms with Crippen LogP contribution in [0.5, 0.6) is 5.88 Å². The van der Waals surface area contributed by atoms with Crippen LogP contribution in [-0.4, -0.2) is 28.5 Å². The summed E-state index contributed by atoms with van der Waals surface area (Å²) in [5.74, 6) is 2.50. The zero-order valence-corrected chi connectivity index (χ0v) is 11.4. The first-order chi connectivity index (χ1) is 8.15. The van der Waals surface area contributed by atoms with Gasteiger partial charge in [0.2, 0.25) is 5.88 Å². The molecule has 1 rings (SSSR count). The molecule has 0 aliphatic rings. The van der Waals surface area contributed by atoms with Crippen LogP contribution in [0.25, 0.3) is 0 Å². The fraction of sp³-hybridized carbons (Fsp3) is 0.667. The highest BCUT2D eigenvalue weighted by atomic mass is 35.5. The monoisotopic (exact) mass is 257 g/mol. The van der Waals surface area contributed by atoms with Gasteiger partial charge in [-0.2, -0.15) is 0 Å². The molecule has 0 saturated carbocycles. The zero-order chi connectivity index (χ0) is 12.7. The van der Waals surface area contributed by atoms with Crippen molar-refractivity contribution in [3.05, 3.63) is 12.4 Å². The van der Waals surface area contributed by atoms with E-state index in [4.69, 9.17) is 16.3 Å². The molecule has 0 aromatic carbocycles. The van der Waals surface area contributed by atoms with Crippen LogP contribution in [0.2, 0.25) is 0 Å². The maximum Gasteiger partial charge on any atom is 0.218 e. The van der Waals surface area contributed by atoms with Crippen molar-refractivity contribution in [1.82, 2.24) is 9.97 Å². The van der Waals surface area contributed by atoms with Gasteiger partial charge in [-0.15, -0.1) is 11.6 Å². The van der Waals surface area contributed by atoms with E-state index in [0.717, 1.165) is 12.2 Å². The molecule has 1 aromatic heterocycles. The summed E-state index contributed by atoms with van der Waals surface area (Å²) in [6.07, 6.45) is 2.51. The Morgan fingerprint density at radius 3 is 2.76 bits per heavy atom. The lowest BCUT2D eigenvalue weighted by Gasteiger charge is -2.18. The van der Waals surface area contributed by atoms with Gasteiger partial charge < -0.3 is 10.1 Å². The number of halogens is 1. The van der Waals surface area contributed by atoms with Crippen molar-refractivity contribution < 1.29 is 4.74 Å². The molecule has 5 heteroatoms. The molecule has 0 bridgehead atoms. The second kappa shape index (κ2) is 7.33. The summed E-state index contributed by atoms with van der Waals surface area (Å²) in [6, 6.07) is 2.02. The predicted octanol–water partition coefficient (Wildman–Crippen LogP) is 2.94. The van der Waals surface area contributed by atoms with Gasteiger partial charge in [-0.25, -0.2) is 9.97 Å². The summed E-state index contributed by atoms with van der Waals surface area (Å²) >= 11 is 5.93. The molecule has 0 saturated heterocycles. The smallest absolute Gasteiger partial charge is 0.218 e. The van der Waals surface area contributed by atoms with Crippen LogP contribution < -0.4 is 10.1 Å². The molecule has 0 amide bonds. The Morgan fingerprint density at radius 2 is 2.18 bits per heavy atom. The highest BCUT2D eigenvalue weighted by Crippen LogP contribution is 2.15. The molecule has 1 atom stereocenters. The number of anilines is 1. The van der Waals surface area contributed by atoms with Gasteiger partial charge >= 0.3 is 0 Å². The van der Waals surface area contributed by atoms with E-state index in [-0.39, 0.29) is 6.04 Å². The van der Waals surface area contributed by atoms with Crippen molar-refractivity contribution in [2.75, 3.05) is 17.8 Å². The number of nitrogens with zero attached hydrogens (tertiary/aromatic N) is 2. The normalized spacial score (nSPS) is 12.5. The summed E-state index contributed by atoms with van der Waals surface area (Å²) in [6.45, 7) is 6.87. The van der Waals surface area contributed by atoms with Gasteiger partial charge in [0, 0.05) is 18.0 Å². The largest absolute Gasteiger partial charge is 0.478 e. The zero-order valence-electron chi connectivity index (χ0n) is 10.6. The molecule has 0 radical (unpaired) electrons. The minimum Gasteiger partial charge on any atom is -0.478 e. The van der Waals surface area contributed by atoms with Gasteiger partial charge in [0.15, 0.2) is 0 Å². The maximum absolute atomic E-state index is 5.93. The van der Waals surface area contributed by atoms with Crippen LogP contribution in [0.4, 0.5) is 5.82 Å². The van der Waals surface area contributed by atoms with Crippen LogP contribution >= 0.6 is 11.6 Å². The Labute approximate surface area is 108 Å². The highest BCUT2D eigenvalue weighted by Gasteiger charge is 2.10. The van der Waals surface area contributed by atoms with Crippen molar-refractivity contribution >= 4 is 17.4 Å². The van der Waals surface area contributed by atoms with Gasteiger partial charge in [-0.3, -0.25) is 0 Å². The highest BCUT2D eigenvalue weighted by molar-refractivity contribution is 6.18. The number of nitrogens with one attached hydrogen (secondary N) is 1. The lowest BCUT2D eigenvalue weighted by atomic mass is 10.1. The van der Waals surface area contributed by atoms with E-state index < -0.39 is 0 Å². The molecular weight excluding hydrogens is 238 g/mol. The Hall–Kier alpha value is -1.03. The first-order valence-corrected chi connectivity index (χ1v) is 6.46. The number of rotatable bonds is 7. The van der Waals surface area contributed by atoms with Gasteiger partial charge in [0.25, 0.3) is 0 Å². The van der Waals surface area contributed by atoms with E-state index >= 15 is 0 Å². The molecule has 96 valence electrons. The average molecular weight is 258 g/mol. The molecule has 1 aromatic rings. The molecule has 1 N–H and O–H groups in total. The van der Waals surface area contributed by atoms with E-state index in [1.165, 1.54) is 6.33 Å². The van der Waals surface area contributed by atoms with Crippen molar-refractivity contribution in [2.24, 2.45) is 5.92 Å². The van der Waals surface area contributed by atoms with E-state index in [2.05, 4.69) is 29.1 Å². The maximum atomic E-state index is 5.93. The Balaban J connectivity index is 2.62. The second-order valence-electron chi connectivity index (χ2n) is 4.30. The quantitative estimate of drug-likeness (QED) is 0.763. The lowest BCUT2D eigenvalue weighted by molar-refractivity contribution is 0.326. The Bertz CT molecular complexity index is 333. The fourth-order valence-corrected chi connectivity index (χ4v) is 1.79. The van der Waals surface area contributed by atoms with Crippen molar-refractivity contribution in [1.29, 1.82) is 0 Å². The van der Waals surface area contributed by atoms with E-state index in [1.807, 2.05) is 6.92 Å². The minimum atomic E-state index is 0.223. The molecule has 1 unspecified atom stereocenters. The first kappa shape index (κ1) is 14.0. The van der Waals surface area contributed by atoms with Gasteiger partial charge in [0.1, 0.15) is 12.1 Å². The number of hydrogen-bond donors (Lipinski definition) is 1. The van der Waals surface area contributed by atoms with Crippen LogP contribution in [0, 0.1) is 5.92 Å². The molecule has 4 nitrogen and oxygen atoms in total.